The van der Waals surface area contributed by atoms with E-state index in [-0.39, 0.29) is 0 Å². The Labute approximate surface area is 164 Å². The maximum atomic E-state index is 5.69. The molecule has 0 aliphatic carbocycles. The van der Waals surface area contributed by atoms with Gasteiger partial charge in [-0.2, -0.15) is 14.9 Å². The van der Waals surface area contributed by atoms with Crippen molar-refractivity contribution in [1.29, 1.82) is 0 Å². The van der Waals surface area contributed by atoms with Crippen LogP contribution in [0.15, 0.2) is 36.9 Å². The summed E-state index contributed by atoms with van der Waals surface area (Å²) in [5, 5.41) is 8.99. The standard InChI is InChI=1S/C19H25N7S/c1-15(16-7-9-17(10-8-16)25-13-20-12-21-25)23(2)14-26-19(27)24-11-5-3-4-6-18(24)22-26/h7-10,12-13,15H,3-6,11,14H2,1-2H3/p+1/t15-/m1/s1. The van der Waals surface area contributed by atoms with Crippen LogP contribution in [0.5, 0.6) is 0 Å². The molecular formula is C19H26N7S+. The number of quaternary nitrogens is 1. The molecule has 0 bridgehead atoms. The van der Waals surface area contributed by atoms with Crippen molar-refractivity contribution in [1.82, 2.24) is 29.1 Å². The first kappa shape index (κ1) is 18.1. The van der Waals surface area contributed by atoms with E-state index in [1.54, 1.807) is 17.3 Å². The average molecular weight is 385 g/mol. The molecule has 142 valence electrons. The first-order chi connectivity index (χ1) is 13.1. The van der Waals surface area contributed by atoms with Gasteiger partial charge in [-0.15, -0.1) is 0 Å². The highest BCUT2D eigenvalue weighted by molar-refractivity contribution is 7.71. The molecule has 27 heavy (non-hydrogen) atoms. The van der Waals surface area contributed by atoms with Crippen LogP contribution in [0.1, 0.15) is 43.6 Å². The van der Waals surface area contributed by atoms with Gasteiger partial charge in [0.15, 0.2) is 6.67 Å². The molecule has 0 spiro atoms. The zero-order valence-corrected chi connectivity index (χ0v) is 16.7. The Hall–Kier alpha value is -2.32. The lowest BCUT2D eigenvalue weighted by molar-refractivity contribution is -0.933. The molecule has 7 nitrogen and oxygen atoms in total. The Morgan fingerprint density at radius 2 is 2.00 bits per heavy atom. The Morgan fingerprint density at radius 1 is 1.19 bits per heavy atom. The van der Waals surface area contributed by atoms with Crippen molar-refractivity contribution in [2.24, 2.45) is 0 Å². The van der Waals surface area contributed by atoms with Crippen LogP contribution in [-0.4, -0.2) is 36.2 Å². The molecule has 3 heterocycles. The molecule has 2 aromatic heterocycles. The van der Waals surface area contributed by atoms with Crippen LogP contribution in [0, 0.1) is 4.77 Å². The van der Waals surface area contributed by atoms with Crippen LogP contribution in [0.4, 0.5) is 0 Å². The van der Waals surface area contributed by atoms with Gasteiger partial charge in [0, 0.05) is 18.5 Å². The summed E-state index contributed by atoms with van der Waals surface area (Å²) in [4.78, 5) is 5.35. The molecule has 0 saturated heterocycles. The second-order valence-electron chi connectivity index (χ2n) is 7.32. The fourth-order valence-electron chi connectivity index (χ4n) is 3.64. The van der Waals surface area contributed by atoms with E-state index in [0.717, 1.165) is 35.9 Å². The van der Waals surface area contributed by atoms with Gasteiger partial charge < -0.3 is 9.47 Å². The summed E-state index contributed by atoms with van der Waals surface area (Å²) in [6, 6.07) is 8.81. The van der Waals surface area contributed by atoms with E-state index in [9.17, 15) is 0 Å². The van der Waals surface area contributed by atoms with E-state index in [2.05, 4.69) is 52.9 Å². The lowest BCUT2D eigenvalue weighted by atomic mass is 10.1. The van der Waals surface area contributed by atoms with Crippen molar-refractivity contribution in [3.05, 3.63) is 53.1 Å². The summed E-state index contributed by atoms with van der Waals surface area (Å²) in [5.74, 6) is 1.15. The molecule has 1 aliphatic heterocycles. The van der Waals surface area contributed by atoms with Crippen LogP contribution in [0.25, 0.3) is 5.69 Å². The minimum absolute atomic E-state index is 0.332. The van der Waals surface area contributed by atoms with E-state index in [4.69, 9.17) is 17.3 Å². The molecule has 0 radical (unpaired) electrons. The minimum atomic E-state index is 0.332. The monoisotopic (exact) mass is 384 g/mol. The summed E-state index contributed by atoms with van der Waals surface area (Å²) in [7, 11) is 2.20. The van der Waals surface area contributed by atoms with Crippen molar-refractivity contribution >= 4 is 12.2 Å². The first-order valence-electron chi connectivity index (χ1n) is 9.57. The van der Waals surface area contributed by atoms with Crippen molar-refractivity contribution in [3.63, 3.8) is 0 Å². The van der Waals surface area contributed by atoms with Gasteiger partial charge in [0.2, 0.25) is 4.77 Å². The zero-order chi connectivity index (χ0) is 18.8. The number of aryl methyl sites for hydroxylation is 1. The van der Waals surface area contributed by atoms with Crippen LogP contribution >= 0.6 is 12.2 Å². The van der Waals surface area contributed by atoms with Crippen molar-refractivity contribution in [3.8, 4) is 5.69 Å². The van der Waals surface area contributed by atoms with E-state index < -0.39 is 0 Å². The van der Waals surface area contributed by atoms with E-state index >= 15 is 0 Å². The summed E-state index contributed by atoms with van der Waals surface area (Å²) < 4.78 is 6.86. The number of hydrogen-bond acceptors (Lipinski definition) is 4. The molecule has 3 aromatic rings. The Bertz CT molecular complexity index is 940. The molecule has 1 aliphatic rings. The predicted molar refractivity (Wildman–Crippen MR) is 105 cm³/mol. The molecule has 0 saturated carbocycles. The Balaban J connectivity index is 1.48. The number of fused-ring (bicyclic) bond motifs is 1. The maximum absolute atomic E-state index is 5.69. The lowest BCUT2D eigenvalue weighted by Crippen LogP contribution is -3.08. The SMILES string of the molecule is C[C@H](c1ccc(-n2cncn2)cc1)[NH+](C)Cn1nc2n(c1=S)CCCCC2. The highest BCUT2D eigenvalue weighted by atomic mass is 32.1. The molecule has 1 aromatic carbocycles. The van der Waals surface area contributed by atoms with Crippen molar-refractivity contribution < 1.29 is 4.90 Å². The molecule has 8 heteroatoms. The van der Waals surface area contributed by atoms with Gasteiger partial charge in [-0.05, 0) is 44.1 Å². The van der Waals surface area contributed by atoms with E-state index in [0.29, 0.717) is 6.04 Å². The fraction of sp³-hybridized carbons (Fsp3) is 0.474. The van der Waals surface area contributed by atoms with Crippen LogP contribution in [0.2, 0.25) is 0 Å². The Kier molecular flexibility index (Phi) is 5.18. The van der Waals surface area contributed by atoms with E-state index in [1.807, 2.05) is 4.68 Å². The molecule has 2 atom stereocenters. The lowest BCUT2D eigenvalue weighted by Gasteiger charge is -2.22. The summed E-state index contributed by atoms with van der Waals surface area (Å²) in [6.45, 7) is 4.02. The average Bonchev–Trinajstić information content (AvgIpc) is 3.25. The smallest absolute Gasteiger partial charge is 0.202 e. The topological polar surface area (TPSA) is 57.9 Å². The Morgan fingerprint density at radius 3 is 2.74 bits per heavy atom. The van der Waals surface area contributed by atoms with Gasteiger partial charge in [0.05, 0.1) is 12.7 Å². The third-order valence-corrected chi connectivity index (χ3v) is 5.93. The summed E-state index contributed by atoms with van der Waals surface area (Å²) >= 11 is 5.69. The molecule has 1 N–H and O–H groups in total. The van der Waals surface area contributed by atoms with Gasteiger partial charge in [-0.3, -0.25) is 0 Å². The van der Waals surface area contributed by atoms with Crippen LogP contribution < -0.4 is 4.90 Å². The number of hydrogen-bond donors (Lipinski definition) is 1. The van der Waals surface area contributed by atoms with Gasteiger partial charge in [-0.1, -0.05) is 18.6 Å². The quantitative estimate of drug-likeness (QED) is 0.683. The molecule has 1 unspecified atom stereocenters. The van der Waals surface area contributed by atoms with Crippen molar-refractivity contribution in [2.45, 2.75) is 51.9 Å². The number of rotatable bonds is 5. The highest BCUT2D eigenvalue weighted by Gasteiger charge is 2.19. The molecular weight excluding hydrogens is 358 g/mol. The third-order valence-electron chi connectivity index (χ3n) is 5.50. The number of nitrogens with one attached hydrogen (secondary N) is 1. The highest BCUT2D eigenvalue weighted by Crippen LogP contribution is 2.15. The van der Waals surface area contributed by atoms with Gasteiger partial charge >= 0.3 is 0 Å². The molecule has 0 amide bonds. The third kappa shape index (κ3) is 3.72. The number of benzene rings is 1. The van der Waals surface area contributed by atoms with Crippen LogP contribution in [-0.2, 0) is 19.6 Å². The number of aromatic nitrogens is 6. The number of nitrogens with zero attached hydrogens (tertiary/aromatic N) is 6. The molecule has 4 rings (SSSR count). The maximum Gasteiger partial charge on any atom is 0.202 e. The van der Waals surface area contributed by atoms with Gasteiger partial charge in [-0.25, -0.2) is 9.67 Å². The fourth-order valence-corrected chi connectivity index (χ4v) is 3.95. The van der Waals surface area contributed by atoms with E-state index in [1.165, 1.54) is 29.7 Å². The zero-order valence-electron chi connectivity index (χ0n) is 15.9. The predicted octanol–water partition coefficient (Wildman–Crippen LogP) is 1.95. The second kappa shape index (κ2) is 7.74. The van der Waals surface area contributed by atoms with Gasteiger partial charge in [0.25, 0.3) is 0 Å². The molecule has 0 fully saturated rings. The summed E-state index contributed by atoms with van der Waals surface area (Å²) in [5.41, 5.74) is 2.30. The largest absolute Gasteiger partial charge is 0.313 e. The summed E-state index contributed by atoms with van der Waals surface area (Å²) in [6.07, 6.45) is 7.97. The van der Waals surface area contributed by atoms with Crippen LogP contribution in [0.3, 0.4) is 0 Å². The first-order valence-corrected chi connectivity index (χ1v) is 9.98. The normalized spacial score (nSPS) is 16.5. The minimum Gasteiger partial charge on any atom is -0.313 e. The van der Waals surface area contributed by atoms with Gasteiger partial charge in [0.1, 0.15) is 24.5 Å². The van der Waals surface area contributed by atoms with Crippen molar-refractivity contribution in [2.75, 3.05) is 7.05 Å². The second-order valence-corrected chi connectivity index (χ2v) is 7.68.